The van der Waals surface area contributed by atoms with Crippen LogP contribution in [0.2, 0.25) is 0 Å². The van der Waals surface area contributed by atoms with Crippen LogP contribution in [0.15, 0.2) is 78.9 Å². The molecule has 274 valence electrons. The Morgan fingerprint density at radius 1 is 0.906 bits per heavy atom. The Bertz CT molecular complexity index is 2240. The Hall–Kier alpha value is -5.21. The third kappa shape index (κ3) is 7.65. The number of piperidine rings is 1. The highest BCUT2D eigenvalue weighted by Gasteiger charge is 2.32. The lowest BCUT2D eigenvalue weighted by atomic mass is 9.88. The maximum Gasteiger partial charge on any atom is 0.305 e. The molecule has 1 atom stereocenters. The average molecular weight is 711 g/mol. The molecule has 0 saturated carbocycles. The van der Waals surface area contributed by atoms with Gasteiger partial charge < -0.3 is 26.0 Å². The van der Waals surface area contributed by atoms with Crippen LogP contribution in [0.25, 0.3) is 12.2 Å². The van der Waals surface area contributed by atoms with Crippen molar-refractivity contribution in [3.63, 3.8) is 0 Å². The van der Waals surface area contributed by atoms with Crippen molar-refractivity contribution in [2.75, 3.05) is 29.9 Å². The van der Waals surface area contributed by atoms with E-state index in [-0.39, 0.29) is 18.2 Å². The SMILES string of the molecule is CCc1ccccc1N1Cc2ccccc2NC(CC(=O)O)C1=O.NCCC1CCN(C(=O)c2cccc3c2=CCc2c4c(ccc2=3)=CCCC4)CC1. The number of carbonyl (C=O) groups excluding carboxylic acids is 2. The molecule has 0 radical (unpaired) electrons. The molecule has 2 heterocycles. The van der Waals surface area contributed by atoms with Gasteiger partial charge in [-0.05, 0) is 125 Å². The van der Waals surface area contributed by atoms with E-state index in [0.717, 1.165) is 85.0 Å². The quantitative estimate of drug-likeness (QED) is 0.228. The van der Waals surface area contributed by atoms with Crippen molar-refractivity contribution < 1.29 is 19.5 Å². The zero-order valence-electron chi connectivity index (χ0n) is 30.7. The number of carbonyl (C=O) groups is 3. The number of nitrogens with zero attached hydrogens (tertiary/aromatic N) is 2. The van der Waals surface area contributed by atoms with E-state index in [1.807, 2.05) is 66.4 Å². The number of aryl methyl sites for hydroxylation is 1. The topological polar surface area (TPSA) is 116 Å². The summed E-state index contributed by atoms with van der Waals surface area (Å²) >= 11 is 0. The summed E-state index contributed by atoms with van der Waals surface area (Å²) in [6.45, 7) is 4.93. The number of carboxylic acid groups (broad SMARTS) is 1. The van der Waals surface area contributed by atoms with E-state index in [4.69, 9.17) is 5.73 Å². The van der Waals surface area contributed by atoms with Gasteiger partial charge in [-0.15, -0.1) is 0 Å². The maximum atomic E-state index is 13.4. The van der Waals surface area contributed by atoms with Gasteiger partial charge >= 0.3 is 5.97 Å². The van der Waals surface area contributed by atoms with E-state index < -0.39 is 12.0 Å². The van der Waals surface area contributed by atoms with Gasteiger partial charge in [-0.25, -0.2) is 0 Å². The molecule has 2 amide bonds. The number of fused-ring (bicyclic) bond motifs is 5. The molecule has 0 bridgehead atoms. The summed E-state index contributed by atoms with van der Waals surface area (Å²) in [6, 6.07) is 25.4. The van der Waals surface area contributed by atoms with Crippen LogP contribution in [0.3, 0.4) is 0 Å². The van der Waals surface area contributed by atoms with Crippen LogP contribution in [0, 0.1) is 16.4 Å². The van der Waals surface area contributed by atoms with Crippen molar-refractivity contribution in [3.8, 4) is 0 Å². The zero-order chi connectivity index (χ0) is 36.9. The Kier molecular flexibility index (Phi) is 11.1. The molecule has 1 saturated heterocycles. The van der Waals surface area contributed by atoms with Crippen molar-refractivity contribution in [1.29, 1.82) is 0 Å². The molecule has 2 aliphatic heterocycles. The summed E-state index contributed by atoms with van der Waals surface area (Å²) in [4.78, 5) is 41.3. The second kappa shape index (κ2) is 16.2. The van der Waals surface area contributed by atoms with Crippen molar-refractivity contribution in [1.82, 2.24) is 4.90 Å². The summed E-state index contributed by atoms with van der Waals surface area (Å²) in [5.74, 6) is -0.340. The molecular formula is C45H50N4O4. The van der Waals surface area contributed by atoms with Crippen LogP contribution >= 0.6 is 0 Å². The number of rotatable bonds is 7. The smallest absolute Gasteiger partial charge is 0.305 e. The Morgan fingerprint density at radius 2 is 1.70 bits per heavy atom. The van der Waals surface area contributed by atoms with Gasteiger partial charge in [-0.1, -0.05) is 79.7 Å². The fourth-order valence-electron chi connectivity index (χ4n) is 8.54. The third-order valence-electron chi connectivity index (χ3n) is 11.4. The average Bonchev–Trinajstić information content (AvgIpc) is 3.33. The number of anilines is 2. The number of likely N-dealkylation sites (tertiary alicyclic amines) is 1. The van der Waals surface area contributed by atoms with E-state index >= 15 is 0 Å². The van der Waals surface area contributed by atoms with Gasteiger partial charge in [0.25, 0.3) is 5.91 Å². The van der Waals surface area contributed by atoms with E-state index in [2.05, 4.69) is 41.7 Å². The highest BCUT2D eigenvalue weighted by Crippen LogP contribution is 2.30. The molecule has 4 aromatic rings. The lowest BCUT2D eigenvalue weighted by Crippen LogP contribution is -2.42. The molecule has 4 aromatic carbocycles. The summed E-state index contributed by atoms with van der Waals surface area (Å²) in [5, 5.41) is 17.4. The van der Waals surface area contributed by atoms with E-state index in [0.29, 0.717) is 12.5 Å². The number of aliphatic carboxylic acids is 1. The second-order valence-corrected chi connectivity index (χ2v) is 14.6. The molecular weight excluding hydrogens is 661 g/mol. The standard InChI is InChI=1S/C26H30N2O.C19H20N2O3/c27-15-12-18-13-16-28(17-14-18)26(29)25-7-3-6-21-23-9-8-19-4-1-2-5-20(19)22(23)10-11-24(21)25;1-2-13-7-4-6-10-17(13)21-12-14-8-3-5-9-15(14)20-16(19(21)24)11-18(22)23/h3-4,6-9,11,18H,1-2,5,10,12-17,27H2;3-10,16,20H,2,11-12H2,1H3,(H,22,23). The minimum Gasteiger partial charge on any atom is -0.481 e. The first-order chi connectivity index (χ1) is 25.9. The fraction of sp³-hybridized carbons (Fsp3) is 0.356. The predicted molar refractivity (Wildman–Crippen MR) is 211 cm³/mol. The number of nitrogens with one attached hydrogen (secondary N) is 1. The Labute approximate surface area is 311 Å². The van der Waals surface area contributed by atoms with Crippen molar-refractivity contribution in [2.45, 2.75) is 77.3 Å². The fourth-order valence-corrected chi connectivity index (χ4v) is 8.54. The number of hydrogen-bond acceptors (Lipinski definition) is 5. The van der Waals surface area contributed by atoms with Crippen LogP contribution in [0.1, 0.15) is 78.1 Å². The molecule has 2 aliphatic carbocycles. The summed E-state index contributed by atoms with van der Waals surface area (Å²) in [6.07, 6.45) is 13.0. The first kappa shape index (κ1) is 36.2. The first-order valence-electron chi connectivity index (χ1n) is 19.3. The van der Waals surface area contributed by atoms with Crippen LogP contribution in [-0.4, -0.2) is 53.5 Å². The van der Waals surface area contributed by atoms with Crippen molar-refractivity contribution >= 4 is 41.3 Å². The van der Waals surface area contributed by atoms with Crippen LogP contribution in [0.4, 0.5) is 11.4 Å². The second-order valence-electron chi connectivity index (χ2n) is 14.6. The van der Waals surface area contributed by atoms with Crippen LogP contribution in [0.5, 0.6) is 0 Å². The van der Waals surface area contributed by atoms with Gasteiger partial charge in [0.2, 0.25) is 5.91 Å². The lowest BCUT2D eigenvalue weighted by Gasteiger charge is -2.32. The van der Waals surface area contributed by atoms with Gasteiger partial charge in [0.05, 0.1) is 13.0 Å². The molecule has 4 N–H and O–H groups in total. The summed E-state index contributed by atoms with van der Waals surface area (Å²) in [7, 11) is 0. The summed E-state index contributed by atoms with van der Waals surface area (Å²) < 4.78 is 0. The number of hydrogen-bond donors (Lipinski definition) is 3. The van der Waals surface area contributed by atoms with Crippen LogP contribution in [-0.2, 0) is 35.4 Å². The van der Waals surface area contributed by atoms with Crippen molar-refractivity contribution in [2.24, 2.45) is 11.7 Å². The molecule has 8 heteroatoms. The molecule has 53 heavy (non-hydrogen) atoms. The van der Waals surface area contributed by atoms with Gasteiger partial charge in [0.1, 0.15) is 6.04 Å². The predicted octanol–water partition coefficient (Wildman–Crippen LogP) is 5.68. The minimum absolute atomic E-state index is 0.194. The number of carboxylic acids is 1. The zero-order valence-corrected chi connectivity index (χ0v) is 30.7. The molecule has 8 nitrogen and oxygen atoms in total. The molecule has 8 rings (SSSR count). The lowest BCUT2D eigenvalue weighted by molar-refractivity contribution is -0.138. The monoisotopic (exact) mass is 710 g/mol. The van der Waals surface area contributed by atoms with Crippen molar-refractivity contribution in [3.05, 3.63) is 128 Å². The maximum absolute atomic E-state index is 13.4. The third-order valence-corrected chi connectivity index (χ3v) is 11.4. The van der Waals surface area contributed by atoms with Gasteiger partial charge in [-0.2, -0.15) is 0 Å². The highest BCUT2D eigenvalue weighted by molar-refractivity contribution is 6.02. The summed E-state index contributed by atoms with van der Waals surface area (Å²) in [5.41, 5.74) is 13.3. The highest BCUT2D eigenvalue weighted by atomic mass is 16.4. The number of benzene rings is 4. The Morgan fingerprint density at radius 3 is 2.49 bits per heavy atom. The minimum atomic E-state index is -0.996. The molecule has 4 aliphatic rings. The molecule has 1 unspecified atom stereocenters. The van der Waals surface area contributed by atoms with E-state index in [9.17, 15) is 19.5 Å². The molecule has 1 fully saturated rings. The van der Waals surface area contributed by atoms with Gasteiger partial charge in [0.15, 0.2) is 0 Å². The molecule has 0 spiro atoms. The normalized spacial score (nSPS) is 17.6. The van der Waals surface area contributed by atoms with E-state index in [1.54, 1.807) is 4.90 Å². The van der Waals surface area contributed by atoms with Gasteiger partial charge in [0, 0.05) is 30.0 Å². The number of nitrogens with two attached hydrogens (primary N) is 1. The molecule has 0 aromatic heterocycles. The first-order valence-corrected chi connectivity index (χ1v) is 19.3. The number of amides is 2. The van der Waals surface area contributed by atoms with E-state index in [1.165, 1.54) is 46.0 Å². The van der Waals surface area contributed by atoms with Gasteiger partial charge in [-0.3, -0.25) is 14.4 Å². The van der Waals surface area contributed by atoms with Crippen LogP contribution < -0.4 is 26.4 Å². The largest absolute Gasteiger partial charge is 0.481 e. The number of para-hydroxylation sites is 2. The Balaban J connectivity index is 0.000000168.